The Balaban J connectivity index is 2.59. The van der Waals surface area contributed by atoms with E-state index in [1.165, 1.54) is 4.90 Å². The first-order chi connectivity index (χ1) is 9.81. The van der Waals surface area contributed by atoms with Crippen molar-refractivity contribution in [2.24, 2.45) is 5.92 Å². The van der Waals surface area contributed by atoms with Crippen LogP contribution in [0.1, 0.15) is 34.1 Å². The maximum atomic E-state index is 11.9. The Hall–Kier alpha value is -2.37. The predicted molar refractivity (Wildman–Crippen MR) is 78.2 cm³/mol. The fourth-order valence-electron chi connectivity index (χ4n) is 1.76. The van der Waals surface area contributed by atoms with Crippen molar-refractivity contribution < 1.29 is 19.5 Å². The van der Waals surface area contributed by atoms with Gasteiger partial charge in [-0.25, -0.2) is 0 Å². The maximum absolute atomic E-state index is 11.9. The van der Waals surface area contributed by atoms with E-state index < -0.39 is 5.97 Å². The molecule has 1 unspecified atom stereocenters. The molecule has 0 aromatic heterocycles. The van der Waals surface area contributed by atoms with Gasteiger partial charge in [0.2, 0.25) is 0 Å². The van der Waals surface area contributed by atoms with Crippen molar-refractivity contribution >= 4 is 17.8 Å². The van der Waals surface area contributed by atoms with Crippen molar-refractivity contribution in [3.63, 3.8) is 0 Å². The van der Waals surface area contributed by atoms with Gasteiger partial charge in [-0.1, -0.05) is 6.92 Å². The van der Waals surface area contributed by atoms with Crippen LogP contribution in [0.3, 0.4) is 0 Å². The van der Waals surface area contributed by atoms with E-state index in [1.54, 1.807) is 45.3 Å². The van der Waals surface area contributed by atoms with Crippen LogP contribution in [0.25, 0.3) is 0 Å². The Morgan fingerprint density at radius 1 is 1.14 bits per heavy atom. The Labute approximate surface area is 123 Å². The summed E-state index contributed by atoms with van der Waals surface area (Å²) < 4.78 is 0. The topological polar surface area (TPSA) is 86.7 Å². The SMILES string of the molecule is CC(CNC(=O)c1ccc(C(=O)N(C)C)cc1)CC(=O)O. The van der Waals surface area contributed by atoms with Crippen LogP contribution in [0.4, 0.5) is 0 Å². The molecule has 0 aliphatic carbocycles. The first-order valence-corrected chi connectivity index (χ1v) is 6.63. The van der Waals surface area contributed by atoms with E-state index in [-0.39, 0.29) is 24.2 Å². The molecule has 0 fully saturated rings. The molecule has 0 saturated carbocycles. The minimum atomic E-state index is -0.886. The van der Waals surface area contributed by atoms with Crippen LogP contribution < -0.4 is 5.32 Å². The van der Waals surface area contributed by atoms with E-state index in [9.17, 15) is 14.4 Å². The third-order valence-electron chi connectivity index (χ3n) is 2.93. The highest BCUT2D eigenvalue weighted by Crippen LogP contribution is 2.07. The number of nitrogens with zero attached hydrogens (tertiary/aromatic N) is 1. The summed E-state index contributed by atoms with van der Waals surface area (Å²) in [6, 6.07) is 6.34. The Kier molecular flexibility index (Phi) is 5.90. The lowest BCUT2D eigenvalue weighted by Gasteiger charge is -2.12. The van der Waals surface area contributed by atoms with Gasteiger partial charge in [0.15, 0.2) is 0 Å². The van der Waals surface area contributed by atoms with E-state index in [0.717, 1.165) is 0 Å². The average Bonchev–Trinajstić information content (AvgIpc) is 2.43. The summed E-state index contributed by atoms with van der Waals surface area (Å²) in [5.74, 6) is -1.43. The summed E-state index contributed by atoms with van der Waals surface area (Å²) in [7, 11) is 3.32. The Morgan fingerprint density at radius 2 is 1.67 bits per heavy atom. The smallest absolute Gasteiger partial charge is 0.303 e. The molecule has 0 heterocycles. The van der Waals surface area contributed by atoms with Gasteiger partial charge in [-0.2, -0.15) is 0 Å². The highest BCUT2D eigenvalue weighted by molar-refractivity contribution is 5.97. The molecule has 21 heavy (non-hydrogen) atoms. The zero-order valence-corrected chi connectivity index (χ0v) is 12.4. The molecule has 1 atom stereocenters. The van der Waals surface area contributed by atoms with Gasteiger partial charge in [0.05, 0.1) is 0 Å². The van der Waals surface area contributed by atoms with E-state index in [0.29, 0.717) is 17.7 Å². The molecule has 6 nitrogen and oxygen atoms in total. The van der Waals surface area contributed by atoms with Crippen molar-refractivity contribution in [3.8, 4) is 0 Å². The number of amides is 2. The molecule has 0 radical (unpaired) electrons. The average molecular weight is 292 g/mol. The molecule has 1 aromatic carbocycles. The summed E-state index contributed by atoms with van der Waals surface area (Å²) in [4.78, 5) is 35.6. The Bertz CT molecular complexity index is 523. The van der Waals surface area contributed by atoms with Crippen LogP contribution in [-0.2, 0) is 4.79 Å². The van der Waals surface area contributed by atoms with Crippen molar-refractivity contribution in [2.75, 3.05) is 20.6 Å². The van der Waals surface area contributed by atoms with Crippen molar-refractivity contribution in [3.05, 3.63) is 35.4 Å². The normalized spacial score (nSPS) is 11.6. The molecule has 114 valence electrons. The van der Waals surface area contributed by atoms with E-state index >= 15 is 0 Å². The summed E-state index contributed by atoms with van der Waals surface area (Å²) in [6.45, 7) is 2.05. The van der Waals surface area contributed by atoms with Crippen molar-refractivity contribution in [1.82, 2.24) is 10.2 Å². The van der Waals surface area contributed by atoms with Gasteiger partial charge in [0.25, 0.3) is 11.8 Å². The maximum Gasteiger partial charge on any atom is 0.303 e. The number of aliphatic carboxylic acids is 1. The van der Waals surface area contributed by atoms with Gasteiger partial charge >= 0.3 is 5.97 Å². The van der Waals surface area contributed by atoms with Gasteiger partial charge in [0, 0.05) is 38.2 Å². The molecule has 2 N–H and O–H groups in total. The molecule has 2 amide bonds. The van der Waals surface area contributed by atoms with Gasteiger partial charge in [-0.05, 0) is 30.2 Å². The molecule has 0 aliphatic heterocycles. The molecular formula is C15H20N2O4. The van der Waals surface area contributed by atoms with E-state index in [2.05, 4.69) is 5.32 Å². The number of carboxylic acid groups (broad SMARTS) is 1. The van der Waals surface area contributed by atoms with Gasteiger partial charge in [-0.3, -0.25) is 14.4 Å². The third kappa shape index (κ3) is 5.25. The molecule has 1 aromatic rings. The second-order valence-electron chi connectivity index (χ2n) is 5.19. The lowest BCUT2D eigenvalue weighted by atomic mass is 10.1. The third-order valence-corrected chi connectivity index (χ3v) is 2.93. The van der Waals surface area contributed by atoms with Crippen LogP contribution in [0.15, 0.2) is 24.3 Å². The van der Waals surface area contributed by atoms with Crippen LogP contribution >= 0.6 is 0 Å². The predicted octanol–water partition coefficient (Wildman–Crippen LogP) is 1.23. The van der Waals surface area contributed by atoms with Crippen LogP contribution in [-0.4, -0.2) is 48.4 Å². The summed E-state index contributed by atoms with van der Waals surface area (Å²) in [5.41, 5.74) is 0.948. The van der Waals surface area contributed by atoms with Crippen molar-refractivity contribution in [2.45, 2.75) is 13.3 Å². The minimum Gasteiger partial charge on any atom is -0.481 e. The number of hydrogen-bond donors (Lipinski definition) is 2. The lowest BCUT2D eigenvalue weighted by molar-refractivity contribution is -0.137. The summed E-state index contributed by atoms with van der Waals surface area (Å²) in [6.07, 6.45) is 0.0105. The second kappa shape index (κ2) is 7.42. The molecule has 0 aliphatic rings. The molecule has 1 rings (SSSR count). The molecular weight excluding hydrogens is 272 g/mol. The van der Waals surface area contributed by atoms with Gasteiger partial charge in [-0.15, -0.1) is 0 Å². The van der Waals surface area contributed by atoms with Gasteiger partial charge < -0.3 is 15.3 Å². The largest absolute Gasteiger partial charge is 0.481 e. The minimum absolute atomic E-state index is 0.0105. The number of carboxylic acids is 1. The zero-order chi connectivity index (χ0) is 16.0. The number of carbonyl (C=O) groups excluding carboxylic acids is 2. The zero-order valence-electron chi connectivity index (χ0n) is 12.4. The molecule has 0 spiro atoms. The molecule has 0 bridgehead atoms. The van der Waals surface area contributed by atoms with Gasteiger partial charge in [0.1, 0.15) is 0 Å². The summed E-state index contributed by atoms with van der Waals surface area (Å²) in [5, 5.41) is 11.3. The quantitative estimate of drug-likeness (QED) is 0.825. The second-order valence-corrected chi connectivity index (χ2v) is 5.19. The highest BCUT2D eigenvalue weighted by atomic mass is 16.4. The first-order valence-electron chi connectivity index (χ1n) is 6.63. The van der Waals surface area contributed by atoms with Crippen LogP contribution in [0, 0.1) is 5.92 Å². The number of hydrogen-bond acceptors (Lipinski definition) is 3. The number of nitrogens with one attached hydrogen (secondary N) is 1. The first kappa shape index (κ1) is 16.7. The Morgan fingerprint density at radius 3 is 2.14 bits per heavy atom. The number of rotatable bonds is 6. The van der Waals surface area contributed by atoms with E-state index in [1.807, 2.05) is 0 Å². The van der Waals surface area contributed by atoms with Crippen LogP contribution in [0.2, 0.25) is 0 Å². The fraction of sp³-hybridized carbons (Fsp3) is 0.400. The number of benzene rings is 1. The highest BCUT2D eigenvalue weighted by Gasteiger charge is 2.12. The molecule has 0 saturated heterocycles. The van der Waals surface area contributed by atoms with E-state index in [4.69, 9.17) is 5.11 Å². The lowest BCUT2D eigenvalue weighted by Crippen LogP contribution is -2.29. The standard InChI is InChI=1S/C15H20N2O4/c1-10(8-13(18)19)9-16-14(20)11-4-6-12(7-5-11)15(21)17(2)3/h4-7,10H,8-9H2,1-3H3,(H,16,20)(H,18,19). The molecule has 6 heteroatoms. The fourth-order valence-corrected chi connectivity index (χ4v) is 1.76. The number of carbonyl (C=O) groups is 3. The summed E-state index contributed by atoms with van der Waals surface area (Å²) >= 11 is 0. The monoisotopic (exact) mass is 292 g/mol. The van der Waals surface area contributed by atoms with Crippen molar-refractivity contribution in [1.29, 1.82) is 0 Å². The van der Waals surface area contributed by atoms with Crippen LogP contribution in [0.5, 0.6) is 0 Å².